The van der Waals surface area contributed by atoms with Gasteiger partial charge in [-0.15, -0.1) is 11.3 Å². The Morgan fingerprint density at radius 1 is 1.33 bits per heavy atom. The summed E-state index contributed by atoms with van der Waals surface area (Å²) in [6.07, 6.45) is 1.81. The van der Waals surface area contributed by atoms with Gasteiger partial charge in [-0.2, -0.15) is 5.10 Å². The molecular formula is C19H17BrCl2N4O2S2. The Hall–Kier alpha value is -1.65. The molecule has 0 aliphatic rings. The maximum Gasteiger partial charge on any atom is 0.341 e. The van der Waals surface area contributed by atoms with Crippen LogP contribution in [0.1, 0.15) is 26.4 Å². The molecule has 3 rings (SSSR count). The van der Waals surface area contributed by atoms with Crippen LogP contribution >= 0.6 is 62.7 Å². The van der Waals surface area contributed by atoms with Crippen LogP contribution in [0, 0.1) is 13.8 Å². The van der Waals surface area contributed by atoms with Crippen molar-refractivity contribution >= 4 is 84.6 Å². The van der Waals surface area contributed by atoms with E-state index in [0.717, 1.165) is 20.5 Å². The van der Waals surface area contributed by atoms with Crippen LogP contribution in [0.3, 0.4) is 0 Å². The van der Waals surface area contributed by atoms with Crippen molar-refractivity contribution in [2.75, 3.05) is 17.7 Å². The topological polar surface area (TPSA) is 68.2 Å². The second kappa shape index (κ2) is 9.65. The van der Waals surface area contributed by atoms with E-state index in [1.165, 1.54) is 18.4 Å². The highest BCUT2D eigenvalue weighted by Gasteiger charge is 2.21. The van der Waals surface area contributed by atoms with E-state index in [1.54, 1.807) is 16.8 Å². The fourth-order valence-electron chi connectivity index (χ4n) is 2.69. The molecule has 0 spiro atoms. The number of benzene rings is 1. The maximum absolute atomic E-state index is 12.1. The molecule has 11 heteroatoms. The molecule has 2 aromatic heterocycles. The van der Waals surface area contributed by atoms with Gasteiger partial charge in [-0.25, -0.2) is 4.79 Å². The predicted molar refractivity (Wildman–Crippen MR) is 130 cm³/mol. The van der Waals surface area contributed by atoms with Gasteiger partial charge in [0.2, 0.25) is 0 Å². The third-order valence-electron chi connectivity index (χ3n) is 4.30. The number of thiophene rings is 1. The lowest BCUT2D eigenvalue weighted by Crippen LogP contribution is -2.20. The molecular weight excluding hydrogens is 531 g/mol. The van der Waals surface area contributed by atoms with Crippen molar-refractivity contribution < 1.29 is 9.53 Å². The van der Waals surface area contributed by atoms with Gasteiger partial charge in [0, 0.05) is 21.1 Å². The standard InChI is InChI=1S/C19H17BrCl2N4O2S2/c1-9-10(2)30-17(15(9)18(27)28-3)24-19(29)23-16-13(20)8-26(25-16)7-11-4-5-12(21)6-14(11)22/h4-6,8H,7H2,1-3H3,(H2,23,24,25,29). The molecule has 0 aliphatic heterocycles. The van der Waals surface area contributed by atoms with Crippen LogP contribution in [0.2, 0.25) is 10.0 Å². The Morgan fingerprint density at radius 3 is 2.73 bits per heavy atom. The summed E-state index contributed by atoms with van der Waals surface area (Å²) < 4.78 is 7.34. The number of nitrogens with one attached hydrogen (secondary N) is 2. The fraction of sp³-hybridized carbons (Fsp3) is 0.211. The second-order valence-electron chi connectivity index (χ2n) is 6.32. The minimum absolute atomic E-state index is 0.303. The monoisotopic (exact) mass is 546 g/mol. The normalized spacial score (nSPS) is 10.7. The summed E-state index contributed by atoms with van der Waals surface area (Å²) in [6, 6.07) is 5.33. The summed E-state index contributed by atoms with van der Waals surface area (Å²) in [5.74, 6) is 0.120. The number of aromatic nitrogens is 2. The zero-order valence-electron chi connectivity index (χ0n) is 16.2. The van der Waals surface area contributed by atoms with Gasteiger partial charge in [0.25, 0.3) is 0 Å². The van der Waals surface area contributed by atoms with Crippen molar-refractivity contribution in [2.45, 2.75) is 20.4 Å². The zero-order chi connectivity index (χ0) is 22.0. The molecule has 1 aromatic carbocycles. The first-order chi connectivity index (χ1) is 14.2. The molecule has 30 heavy (non-hydrogen) atoms. The van der Waals surface area contributed by atoms with E-state index in [1.807, 2.05) is 26.1 Å². The lowest BCUT2D eigenvalue weighted by atomic mass is 10.1. The summed E-state index contributed by atoms with van der Waals surface area (Å²) in [6.45, 7) is 4.28. The van der Waals surface area contributed by atoms with Gasteiger partial charge >= 0.3 is 5.97 Å². The van der Waals surface area contributed by atoms with Gasteiger partial charge in [0.1, 0.15) is 5.00 Å². The molecule has 0 saturated heterocycles. The highest BCUT2D eigenvalue weighted by atomic mass is 79.9. The van der Waals surface area contributed by atoms with Crippen LogP contribution in [-0.4, -0.2) is 28.0 Å². The Bertz CT molecular complexity index is 1130. The van der Waals surface area contributed by atoms with Gasteiger partial charge in [0.15, 0.2) is 10.9 Å². The van der Waals surface area contributed by atoms with E-state index in [9.17, 15) is 4.79 Å². The average molecular weight is 548 g/mol. The number of esters is 1. The Morgan fingerprint density at radius 2 is 2.07 bits per heavy atom. The first-order valence-corrected chi connectivity index (χ1v) is 11.4. The number of carbonyl (C=O) groups is 1. The molecule has 0 atom stereocenters. The first kappa shape index (κ1) is 23.0. The molecule has 0 unspecified atom stereocenters. The summed E-state index contributed by atoms with van der Waals surface area (Å²) >= 11 is 22.5. The molecule has 2 N–H and O–H groups in total. The number of hydrogen-bond acceptors (Lipinski definition) is 5. The maximum atomic E-state index is 12.1. The lowest BCUT2D eigenvalue weighted by Gasteiger charge is -2.09. The molecule has 0 amide bonds. The molecule has 0 radical (unpaired) electrons. The fourth-order valence-corrected chi connectivity index (χ4v) is 4.89. The Labute approximate surface area is 201 Å². The van der Waals surface area contributed by atoms with Crippen LogP contribution in [0.4, 0.5) is 10.8 Å². The van der Waals surface area contributed by atoms with E-state index in [-0.39, 0.29) is 0 Å². The van der Waals surface area contributed by atoms with E-state index >= 15 is 0 Å². The Balaban J connectivity index is 1.74. The van der Waals surface area contributed by atoms with Crippen LogP contribution < -0.4 is 10.6 Å². The number of methoxy groups -OCH3 is 1. The number of carbonyl (C=O) groups excluding carboxylic acids is 1. The van der Waals surface area contributed by atoms with Crippen molar-refractivity contribution in [3.63, 3.8) is 0 Å². The van der Waals surface area contributed by atoms with Gasteiger partial charge in [-0.3, -0.25) is 4.68 Å². The summed E-state index contributed by atoms with van der Waals surface area (Å²) in [7, 11) is 1.35. The van der Waals surface area contributed by atoms with Crippen LogP contribution in [0.15, 0.2) is 28.9 Å². The lowest BCUT2D eigenvalue weighted by molar-refractivity contribution is 0.0601. The number of rotatable bonds is 5. The summed E-state index contributed by atoms with van der Waals surface area (Å²) in [5, 5.41) is 12.7. The summed E-state index contributed by atoms with van der Waals surface area (Å²) in [4.78, 5) is 13.1. The van der Waals surface area contributed by atoms with Crippen LogP contribution in [0.5, 0.6) is 0 Å². The van der Waals surface area contributed by atoms with E-state index < -0.39 is 5.97 Å². The number of halogens is 3. The van der Waals surface area contributed by atoms with E-state index in [4.69, 9.17) is 40.2 Å². The largest absolute Gasteiger partial charge is 0.465 e. The van der Waals surface area contributed by atoms with Gasteiger partial charge in [0.05, 0.1) is 23.7 Å². The third kappa shape index (κ3) is 5.15. The number of anilines is 2. The second-order valence-corrected chi connectivity index (χ2v) is 9.65. The molecule has 6 nitrogen and oxygen atoms in total. The average Bonchev–Trinajstić information content (AvgIpc) is 3.15. The highest BCUT2D eigenvalue weighted by Crippen LogP contribution is 2.33. The van der Waals surface area contributed by atoms with E-state index in [0.29, 0.717) is 38.1 Å². The Kier molecular flexibility index (Phi) is 7.41. The molecule has 3 aromatic rings. The number of thiocarbonyl (C=S) groups is 1. The van der Waals surface area contributed by atoms with Gasteiger partial charge in [-0.1, -0.05) is 29.3 Å². The first-order valence-electron chi connectivity index (χ1n) is 8.62. The number of hydrogen-bond donors (Lipinski definition) is 2. The number of nitrogens with zero attached hydrogens (tertiary/aromatic N) is 2. The summed E-state index contributed by atoms with van der Waals surface area (Å²) in [5.41, 5.74) is 2.23. The highest BCUT2D eigenvalue weighted by molar-refractivity contribution is 9.10. The minimum atomic E-state index is -0.410. The molecule has 0 aliphatic carbocycles. The van der Waals surface area contributed by atoms with Gasteiger partial charge in [-0.05, 0) is 65.3 Å². The third-order valence-corrected chi connectivity index (χ3v) is 6.79. The van der Waals surface area contributed by atoms with Crippen molar-refractivity contribution in [1.82, 2.24) is 9.78 Å². The zero-order valence-corrected chi connectivity index (χ0v) is 20.9. The van der Waals surface area contributed by atoms with Gasteiger partial charge < -0.3 is 15.4 Å². The van der Waals surface area contributed by atoms with Crippen molar-refractivity contribution in [3.8, 4) is 0 Å². The molecule has 158 valence electrons. The van der Waals surface area contributed by atoms with Crippen LogP contribution in [0.25, 0.3) is 0 Å². The molecule has 0 bridgehead atoms. The van der Waals surface area contributed by atoms with Crippen molar-refractivity contribution in [2.24, 2.45) is 0 Å². The smallest absolute Gasteiger partial charge is 0.341 e. The molecule has 0 fully saturated rings. The van der Waals surface area contributed by atoms with Crippen LogP contribution in [-0.2, 0) is 11.3 Å². The quantitative estimate of drug-likeness (QED) is 0.289. The number of aryl methyl sites for hydroxylation is 1. The predicted octanol–water partition coefficient (Wildman–Crippen LogP) is 6.27. The van der Waals surface area contributed by atoms with E-state index in [2.05, 4.69) is 31.7 Å². The SMILES string of the molecule is COC(=O)c1c(NC(=S)Nc2nn(Cc3ccc(Cl)cc3Cl)cc2Br)sc(C)c1C. The molecule has 0 saturated carbocycles. The minimum Gasteiger partial charge on any atom is -0.465 e. The number of ether oxygens (including phenoxy) is 1. The van der Waals surface area contributed by atoms with Crippen molar-refractivity contribution in [1.29, 1.82) is 0 Å². The van der Waals surface area contributed by atoms with Crippen molar-refractivity contribution in [3.05, 3.63) is 60.5 Å². The molecule has 2 heterocycles.